The lowest BCUT2D eigenvalue weighted by atomic mass is 9.73. The van der Waals surface area contributed by atoms with Crippen LogP contribution in [0.1, 0.15) is 22.3 Å². The van der Waals surface area contributed by atoms with Gasteiger partial charge in [0.15, 0.2) is 0 Å². The molecule has 0 heterocycles. The van der Waals surface area contributed by atoms with Crippen LogP contribution < -0.4 is 20.9 Å². The third-order valence-electron chi connectivity index (χ3n) is 8.12. The summed E-state index contributed by atoms with van der Waals surface area (Å²) in [6, 6.07) is 4.61. The molecule has 0 saturated carbocycles. The fourth-order valence-electron chi connectivity index (χ4n) is 5.27. The van der Waals surface area contributed by atoms with Gasteiger partial charge in [-0.3, -0.25) is 0 Å². The van der Waals surface area contributed by atoms with E-state index in [0.717, 1.165) is 0 Å². The molecule has 0 bridgehead atoms. The number of ether oxygens (including phenoxy) is 2. The topological polar surface area (TPSA) is 70.5 Å². The minimum atomic E-state index is -6.72. The van der Waals surface area contributed by atoms with Gasteiger partial charge in [-0.05, 0) is 59.7 Å². The summed E-state index contributed by atoms with van der Waals surface area (Å²) in [5.41, 5.74) is -4.14. The van der Waals surface area contributed by atoms with Gasteiger partial charge in [-0.1, -0.05) is 24.3 Å². The minimum Gasteiger partial charge on any atom is -0.457 e. The van der Waals surface area contributed by atoms with Gasteiger partial charge in [0.2, 0.25) is 5.41 Å². The van der Waals surface area contributed by atoms with Crippen molar-refractivity contribution in [3.63, 3.8) is 0 Å². The zero-order valence-electron chi connectivity index (χ0n) is 27.1. The zero-order chi connectivity index (χ0) is 43.6. The van der Waals surface area contributed by atoms with E-state index in [-0.39, 0.29) is 36.4 Å². The highest BCUT2D eigenvalue weighted by molar-refractivity contribution is 5.56. The predicted molar refractivity (Wildman–Crippen MR) is 157 cm³/mol. The fourth-order valence-corrected chi connectivity index (χ4v) is 5.27. The van der Waals surface area contributed by atoms with Crippen molar-refractivity contribution in [3.8, 4) is 23.0 Å². The molecule has 0 aliphatic carbocycles. The van der Waals surface area contributed by atoms with Crippen LogP contribution in [0.5, 0.6) is 23.0 Å². The molecule has 4 N–H and O–H groups in total. The van der Waals surface area contributed by atoms with Gasteiger partial charge in [0.1, 0.15) is 23.0 Å². The van der Waals surface area contributed by atoms with Crippen LogP contribution >= 0.6 is 0 Å². The average Bonchev–Trinajstić information content (AvgIpc) is 3.04. The number of halogens is 20. The van der Waals surface area contributed by atoms with E-state index in [2.05, 4.69) is 0 Å². The highest BCUT2D eigenvalue weighted by atomic mass is 19.4. The van der Waals surface area contributed by atoms with E-state index in [1.165, 1.54) is 0 Å². The normalized spacial score (nSPS) is 14.1. The van der Waals surface area contributed by atoms with Crippen molar-refractivity contribution in [1.82, 2.24) is 0 Å². The van der Waals surface area contributed by atoms with Gasteiger partial charge in [0.25, 0.3) is 0 Å². The minimum absolute atomic E-state index is 0.0205. The second-order valence-corrected chi connectivity index (χ2v) is 11.8. The Labute approximate surface area is 304 Å². The smallest absolute Gasteiger partial charge is 0.457 e. The van der Waals surface area contributed by atoms with Gasteiger partial charge in [-0.15, -0.1) is 0 Å². The molecular weight excluding hydrogens is 836 g/mol. The van der Waals surface area contributed by atoms with E-state index in [1.807, 2.05) is 0 Å². The molecular formula is C33H18F20N2O2. The van der Waals surface area contributed by atoms with Crippen molar-refractivity contribution < 1.29 is 97.3 Å². The van der Waals surface area contributed by atoms with Gasteiger partial charge in [-0.25, -0.2) is 0 Å². The van der Waals surface area contributed by atoms with Crippen LogP contribution in [-0.4, -0.2) is 36.6 Å². The van der Waals surface area contributed by atoms with Crippen LogP contribution in [0.2, 0.25) is 0 Å². The van der Waals surface area contributed by atoms with E-state index < -0.39 is 110 Å². The molecule has 0 atom stereocenters. The zero-order valence-corrected chi connectivity index (χ0v) is 27.1. The molecule has 0 aromatic heterocycles. The van der Waals surface area contributed by atoms with E-state index in [1.54, 1.807) is 0 Å². The molecule has 57 heavy (non-hydrogen) atoms. The Kier molecular flexibility index (Phi) is 10.9. The number of anilines is 2. The van der Waals surface area contributed by atoms with Crippen molar-refractivity contribution in [1.29, 1.82) is 0 Å². The molecule has 0 aliphatic heterocycles. The van der Waals surface area contributed by atoms with Gasteiger partial charge >= 0.3 is 48.4 Å². The third kappa shape index (κ3) is 7.48. The summed E-state index contributed by atoms with van der Waals surface area (Å²) in [6.45, 7) is 0. The van der Waals surface area contributed by atoms with E-state index in [0.29, 0.717) is 48.5 Å². The lowest BCUT2D eigenvalue weighted by Gasteiger charge is -2.38. The highest BCUT2D eigenvalue weighted by Gasteiger charge is 2.75. The van der Waals surface area contributed by atoms with E-state index >= 15 is 0 Å². The molecule has 4 aromatic rings. The van der Waals surface area contributed by atoms with Crippen LogP contribution in [0, 0.1) is 0 Å². The Bertz CT molecular complexity index is 1920. The third-order valence-corrected chi connectivity index (χ3v) is 8.12. The van der Waals surface area contributed by atoms with E-state index in [4.69, 9.17) is 20.9 Å². The molecule has 24 heteroatoms. The molecule has 0 unspecified atom stereocenters. The molecule has 4 aromatic carbocycles. The fraction of sp³-hybridized carbons (Fsp3) is 0.273. The first-order valence-corrected chi connectivity index (χ1v) is 14.8. The lowest BCUT2D eigenvalue weighted by Crippen LogP contribution is -2.54. The van der Waals surface area contributed by atoms with Crippen molar-refractivity contribution in [2.24, 2.45) is 0 Å². The summed E-state index contributed by atoms with van der Waals surface area (Å²) in [4.78, 5) is 0. The number of benzene rings is 4. The number of hydrogen-bond donors (Lipinski definition) is 2. The first-order valence-electron chi connectivity index (χ1n) is 14.8. The molecule has 0 spiro atoms. The summed E-state index contributed by atoms with van der Waals surface area (Å²) in [5.74, 6) is -27.6. The van der Waals surface area contributed by atoms with Crippen LogP contribution in [-0.2, 0) is 17.3 Å². The molecule has 0 fully saturated rings. The van der Waals surface area contributed by atoms with Gasteiger partial charge < -0.3 is 20.9 Å². The Balaban J connectivity index is 1.65. The molecule has 4 nitrogen and oxygen atoms in total. The Hall–Kier alpha value is -5.32. The van der Waals surface area contributed by atoms with Crippen molar-refractivity contribution >= 4 is 11.4 Å². The average molecular weight is 854 g/mol. The molecule has 0 aliphatic rings. The number of hydrogen-bond acceptors (Lipinski definition) is 4. The molecule has 4 rings (SSSR count). The summed E-state index contributed by atoms with van der Waals surface area (Å²) < 4.78 is 284. The largest absolute Gasteiger partial charge is 0.460 e. The maximum atomic E-state index is 14.6. The second kappa shape index (κ2) is 14.0. The highest BCUT2D eigenvalue weighted by Crippen LogP contribution is 2.58. The number of nitrogen functional groups attached to an aromatic ring is 2. The van der Waals surface area contributed by atoms with Crippen molar-refractivity contribution in [2.75, 3.05) is 11.5 Å². The number of nitrogens with two attached hydrogens (primary N) is 2. The van der Waals surface area contributed by atoms with Crippen LogP contribution in [0.25, 0.3) is 0 Å². The maximum absolute atomic E-state index is 14.6. The number of rotatable bonds is 10. The maximum Gasteiger partial charge on any atom is 0.460 e. The lowest BCUT2D eigenvalue weighted by molar-refractivity contribution is -0.359. The quantitative estimate of drug-likeness (QED) is 0.123. The predicted octanol–water partition coefficient (Wildman–Crippen LogP) is 12.4. The molecule has 0 radical (unpaired) electrons. The standard InChI is InChI=1S/C33H18F20N2O2/c34-26(35,28(38,39)32(48,49)50)21-11-9-19(13-23(21)54)56-17-5-1-15(2-6-17)25(30(42,43)44,31(45,46)47)16-3-7-18(8-4-16)57-20-10-12-22(24(55)14-20)27(36,37)29(40,41)33(51,52)53/h1-14H,54-55H2. The SMILES string of the molecule is Nc1cc(Oc2ccc(C(c3ccc(Oc4ccc(C(F)(F)C(F)(F)C(F)(F)F)c(N)c4)cc3)(C(F)(F)F)C(F)(F)F)cc2)ccc1C(F)(F)C(F)(F)C(F)(F)F. The van der Waals surface area contributed by atoms with E-state index in [9.17, 15) is 87.8 Å². The van der Waals surface area contributed by atoms with Gasteiger partial charge in [0, 0.05) is 23.5 Å². The summed E-state index contributed by atoms with van der Waals surface area (Å²) in [5, 5.41) is 0. The Morgan fingerprint density at radius 3 is 0.825 bits per heavy atom. The van der Waals surface area contributed by atoms with Gasteiger partial charge in [0.05, 0.1) is 11.1 Å². The summed E-state index contributed by atoms with van der Waals surface area (Å²) >= 11 is 0. The molecule has 0 saturated heterocycles. The van der Waals surface area contributed by atoms with Gasteiger partial charge in [-0.2, -0.15) is 87.8 Å². The number of alkyl halides is 20. The molecule has 0 amide bonds. The Morgan fingerprint density at radius 1 is 0.333 bits per heavy atom. The second-order valence-electron chi connectivity index (χ2n) is 11.8. The monoisotopic (exact) mass is 854 g/mol. The van der Waals surface area contributed by atoms with Crippen LogP contribution in [0.4, 0.5) is 99.2 Å². The summed E-state index contributed by atoms with van der Waals surface area (Å²) in [6.07, 6.45) is -25.8. The van der Waals surface area contributed by atoms with Crippen LogP contribution in [0.15, 0.2) is 84.9 Å². The van der Waals surface area contributed by atoms with Crippen molar-refractivity contribution in [2.45, 2.75) is 53.8 Å². The Morgan fingerprint density at radius 2 is 0.596 bits per heavy atom. The first kappa shape index (κ1) is 44.4. The van der Waals surface area contributed by atoms with Crippen LogP contribution in [0.3, 0.4) is 0 Å². The van der Waals surface area contributed by atoms with Crippen molar-refractivity contribution in [3.05, 3.63) is 107 Å². The summed E-state index contributed by atoms with van der Waals surface area (Å²) in [7, 11) is 0. The molecule has 312 valence electrons. The first-order chi connectivity index (χ1) is 25.6.